The van der Waals surface area contributed by atoms with E-state index in [1.165, 1.54) is 0 Å². The first-order valence-corrected chi connectivity index (χ1v) is 7.22. The SMILES string of the molecule is COc1ccc(Br)c(Nc2ccc(C(N)=S)c(C)c2)c1. The standard InChI is InChI=1S/C15H15BrN2OS/c1-9-7-10(3-5-12(9)15(17)20)18-14-8-11(19-2)4-6-13(14)16/h3-8,18H,1-2H3,(H2,17,20). The molecule has 0 radical (unpaired) electrons. The Morgan fingerprint density at radius 2 is 2.00 bits per heavy atom. The summed E-state index contributed by atoms with van der Waals surface area (Å²) in [5.74, 6) is 0.798. The Balaban J connectivity index is 2.30. The van der Waals surface area contributed by atoms with E-state index in [2.05, 4.69) is 21.2 Å². The van der Waals surface area contributed by atoms with E-state index in [4.69, 9.17) is 22.7 Å². The van der Waals surface area contributed by atoms with Gasteiger partial charge in [-0.3, -0.25) is 0 Å². The molecule has 0 spiro atoms. The Kier molecular flexibility index (Phi) is 4.62. The van der Waals surface area contributed by atoms with Crippen LogP contribution in [0.2, 0.25) is 0 Å². The van der Waals surface area contributed by atoms with Crippen LogP contribution >= 0.6 is 28.1 Å². The number of anilines is 2. The quantitative estimate of drug-likeness (QED) is 0.813. The van der Waals surface area contributed by atoms with Gasteiger partial charge in [-0.2, -0.15) is 0 Å². The van der Waals surface area contributed by atoms with E-state index in [1.54, 1.807) is 7.11 Å². The van der Waals surface area contributed by atoms with Gasteiger partial charge < -0.3 is 15.8 Å². The minimum atomic E-state index is 0.414. The summed E-state index contributed by atoms with van der Waals surface area (Å²) in [4.78, 5) is 0.414. The molecule has 0 atom stereocenters. The zero-order valence-electron chi connectivity index (χ0n) is 11.2. The van der Waals surface area contributed by atoms with Gasteiger partial charge in [-0.15, -0.1) is 0 Å². The summed E-state index contributed by atoms with van der Waals surface area (Å²) >= 11 is 8.52. The largest absolute Gasteiger partial charge is 0.497 e. The molecule has 0 amide bonds. The van der Waals surface area contributed by atoms with E-state index >= 15 is 0 Å². The summed E-state index contributed by atoms with van der Waals surface area (Å²) in [6, 6.07) is 11.7. The molecule has 2 rings (SSSR count). The van der Waals surface area contributed by atoms with Gasteiger partial charge in [-0.25, -0.2) is 0 Å². The van der Waals surface area contributed by atoms with Crippen molar-refractivity contribution in [2.45, 2.75) is 6.92 Å². The lowest BCUT2D eigenvalue weighted by Crippen LogP contribution is -2.11. The fourth-order valence-corrected chi connectivity index (χ4v) is 2.48. The van der Waals surface area contributed by atoms with Gasteiger partial charge in [0.2, 0.25) is 0 Å². The van der Waals surface area contributed by atoms with Crippen LogP contribution in [-0.2, 0) is 0 Å². The Hall–Kier alpha value is -1.59. The van der Waals surface area contributed by atoms with E-state index < -0.39 is 0 Å². The highest BCUT2D eigenvalue weighted by atomic mass is 79.9. The van der Waals surface area contributed by atoms with E-state index in [0.717, 1.165) is 32.7 Å². The van der Waals surface area contributed by atoms with Gasteiger partial charge in [0.05, 0.1) is 12.8 Å². The lowest BCUT2D eigenvalue weighted by atomic mass is 10.1. The molecule has 0 fully saturated rings. The van der Waals surface area contributed by atoms with Crippen molar-refractivity contribution >= 4 is 44.5 Å². The number of nitrogens with two attached hydrogens (primary N) is 1. The van der Waals surface area contributed by atoms with Crippen molar-refractivity contribution in [2.75, 3.05) is 12.4 Å². The third-order valence-corrected chi connectivity index (χ3v) is 3.86. The molecule has 0 unspecified atom stereocenters. The van der Waals surface area contributed by atoms with Crippen LogP contribution in [0.4, 0.5) is 11.4 Å². The number of hydrogen-bond acceptors (Lipinski definition) is 3. The van der Waals surface area contributed by atoms with Gasteiger partial charge in [-0.05, 0) is 58.7 Å². The molecule has 0 aliphatic rings. The first-order chi connectivity index (χ1) is 9.51. The molecule has 20 heavy (non-hydrogen) atoms. The maximum atomic E-state index is 5.67. The van der Waals surface area contributed by atoms with E-state index in [-0.39, 0.29) is 0 Å². The number of ether oxygens (including phenoxy) is 1. The zero-order chi connectivity index (χ0) is 14.7. The van der Waals surface area contributed by atoms with Crippen molar-refractivity contribution in [1.29, 1.82) is 0 Å². The Bertz CT molecular complexity index is 658. The molecule has 3 N–H and O–H groups in total. The number of nitrogens with one attached hydrogen (secondary N) is 1. The number of methoxy groups -OCH3 is 1. The average Bonchev–Trinajstić information content (AvgIpc) is 2.41. The highest BCUT2D eigenvalue weighted by Gasteiger charge is 2.05. The summed E-state index contributed by atoms with van der Waals surface area (Å²) in [5, 5.41) is 3.34. The molecule has 104 valence electrons. The van der Waals surface area contributed by atoms with Gasteiger partial charge in [0.15, 0.2) is 0 Å². The van der Waals surface area contributed by atoms with Gasteiger partial charge in [0, 0.05) is 21.8 Å². The molecule has 0 aromatic heterocycles. The molecule has 0 aliphatic carbocycles. The predicted molar refractivity (Wildman–Crippen MR) is 91.0 cm³/mol. The Labute approximate surface area is 132 Å². The molecular weight excluding hydrogens is 336 g/mol. The number of thiocarbonyl (C=S) groups is 1. The lowest BCUT2D eigenvalue weighted by molar-refractivity contribution is 0.415. The predicted octanol–water partition coefficient (Wildman–Crippen LogP) is 4.14. The van der Waals surface area contributed by atoms with Crippen LogP contribution in [0.25, 0.3) is 0 Å². The monoisotopic (exact) mass is 350 g/mol. The Morgan fingerprint density at radius 1 is 1.25 bits per heavy atom. The molecule has 0 saturated heterocycles. The van der Waals surface area contributed by atoms with Gasteiger partial charge in [-0.1, -0.05) is 12.2 Å². The second-order valence-corrected chi connectivity index (χ2v) is 5.66. The molecule has 0 saturated carbocycles. The highest BCUT2D eigenvalue weighted by molar-refractivity contribution is 9.10. The van der Waals surface area contributed by atoms with Crippen molar-refractivity contribution in [3.63, 3.8) is 0 Å². The van der Waals surface area contributed by atoms with Gasteiger partial charge in [0.1, 0.15) is 10.7 Å². The van der Waals surface area contributed by atoms with Crippen molar-refractivity contribution in [3.8, 4) is 5.75 Å². The summed E-state index contributed by atoms with van der Waals surface area (Å²) in [6.45, 7) is 1.99. The smallest absolute Gasteiger partial charge is 0.121 e. The highest BCUT2D eigenvalue weighted by Crippen LogP contribution is 2.30. The molecule has 0 heterocycles. The first kappa shape index (κ1) is 14.8. The number of halogens is 1. The summed E-state index contributed by atoms with van der Waals surface area (Å²) in [6.07, 6.45) is 0. The maximum Gasteiger partial charge on any atom is 0.121 e. The van der Waals surface area contributed by atoms with Crippen molar-refractivity contribution in [2.24, 2.45) is 5.73 Å². The van der Waals surface area contributed by atoms with Gasteiger partial charge in [0.25, 0.3) is 0 Å². The fourth-order valence-electron chi connectivity index (χ4n) is 1.90. The molecule has 0 bridgehead atoms. The van der Waals surface area contributed by atoms with Crippen LogP contribution in [0, 0.1) is 6.92 Å². The molecule has 5 heteroatoms. The van der Waals surface area contributed by atoms with E-state index in [1.807, 2.05) is 43.3 Å². The maximum absolute atomic E-state index is 5.67. The molecule has 2 aromatic rings. The van der Waals surface area contributed by atoms with Crippen molar-refractivity contribution in [1.82, 2.24) is 0 Å². The topological polar surface area (TPSA) is 47.3 Å². The van der Waals surface area contributed by atoms with Crippen molar-refractivity contribution in [3.05, 3.63) is 52.0 Å². The van der Waals surface area contributed by atoms with E-state index in [0.29, 0.717) is 4.99 Å². The minimum Gasteiger partial charge on any atom is -0.497 e. The van der Waals surface area contributed by atoms with Crippen molar-refractivity contribution < 1.29 is 4.74 Å². The number of rotatable bonds is 4. The summed E-state index contributed by atoms with van der Waals surface area (Å²) < 4.78 is 6.19. The fraction of sp³-hybridized carbons (Fsp3) is 0.133. The molecule has 3 nitrogen and oxygen atoms in total. The zero-order valence-corrected chi connectivity index (χ0v) is 13.6. The normalized spacial score (nSPS) is 10.2. The lowest BCUT2D eigenvalue weighted by Gasteiger charge is -2.12. The second kappa shape index (κ2) is 6.24. The second-order valence-electron chi connectivity index (χ2n) is 4.36. The third-order valence-electron chi connectivity index (χ3n) is 2.94. The number of aryl methyl sites for hydroxylation is 1. The molecular formula is C15H15BrN2OS. The molecule has 2 aromatic carbocycles. The number of hydrogen-bond donors (Lipinski definition) is 2. The van der Waals surface area contributed by atoms with E-state index in [9.17, 15) is 0 Å². The van der Waals surface area contributed by atoms with Crippen LogP contribution in [0.15, 0.2) is 40.9 Å². The van der Waals surface area contributed by atoms with Crippen LogP contribution in [0.1, 0.15) is 11.1 Å². The van der Waals surface area contributed by atoms with Crippen LogP contribution in [-0.4, -0.2) is 12.1 Å². The number of benzene rings is 2. The Morgan fingerprint density at radius 3 is 2.60 bits per heavy atom. The summed E-state index contributed by atoms with van der Waals surface area (Å²) in [7, 11) is 1.65. The molecule has 0 aliphatic heterocycles. The first-order valence-electron chi connectivity index (χ1n) is 6.02. The van der Waals surface area contributed by atoms with Crippen LogP contribution < -0.4 is 15.8 Å². The average molecular weight is 351 g/mol. The summed E-state index contributed by atoms with van der Waals surface area (Å²) in [5.41, 5.74) is 9.51. The minimum absolute atomic E-state index is 0.414. The van der Waals surface area contributed by atoms with Gasteiger partial charge >= 0.3 is 0 Å². The van der Waals surface area contributed by atoms with Crippen LogP contribution in [0.5, 0.6) is 5.75 Å². The van der Waals surface area contributed by atoms with Crippen LogP contribution in [0.3, 0.4) is 0 Å². The third kappa shape index (κ3) is 3.29.